The maximum atomic E-state index is 12.9. The van der Waals surface area contributed by atoms with Crippen molar-refractivity contribution in [3.63, 3.8) is 0 Å². The number of aryl methyl sites for hydroxylation is 1. The van der Waals surface area contributed by atoms with Gasteiger partial charge in [0.1, 0.15) is 5.76 Å². The van der Waals surface area contributed by atoms with Crippen LogP contribution in [0.25, 0.3) is 16.9 Å². The fourth-order valence-electron chi connectivity index (χ4n) is 5.12. The van der Waals surface area contributed by atoms with Crippen molar-refractivity contribution in [2.24, 2.45) is 7.05 Å². The van der Waals surface area contributed by atoms with E-state index in [-0.39, 0.29) is 17.1 Å². The molecule has 0 aliphatic carbocycles. The maximum Gasteiger partial charge on any atom is 0.291 e. The molecule has 0 spiro atoms. The van der Waals surface area contributed by atoms with E-state index in [0.29, 0.717) is 5.69 Å². The molecule has 10 heteroatoms. The third-order valence-corrected chi connectivity index (χ3v) is 7.63. The average Bonchev–Trinajstić information content (AvgIpc) is 3.46. The summed E-state index contributed by atoms with van der Waals surface area (Å²) in [5.41, 5.74) is 5.44. The molecule has 5 rings (SSSR count). The Labute approximate surface area is 241 Å². The van der Waals surface area contributed by atoms with Gasteiger partial charge in [0.05, 0.1) is 47.0 Å². The number of nitrogens with one attached hydrogen (secondary N) is 1. The van der Waals surface area contributed by atoms with E-state index in [2.05, 4.69) is 42.0 Å². The Morgan fingerprint density at radius 3 is 2.56 bits per heavy atom. The topological polar surface area (TPSA) is 93.6 Å². The molecule has 4 aromatic rings. The predicted molar refractivity (Wildman–Crippen MR) is 161 cm³/mol. The van der Waals surface area contributed by atoms with Crippen LogP contribution in [0, 0.1) is 6.92 Å². The molecule has 218 valence electrons. The van der Waals surface area contributed by atoms with Crippen molar-refractivity contribution in [2.45, 2.75) is 39.5 Å². The van der Waals surface area contributed by atoms with Crippen molar-refractivity contribution in [2.75, 3.05) is 56.7 Å². The van der Waals surface area contributed by atoms with Crippen molar-refractivity contribution < 1.29 is 13.9 Å². The van der Waals surface area contributed by atoms with Gasteiger partial charge in [0.2, 0.25) is 0 Å². The molecule has 0 saturated carbocycles. The second kappa shape index (κ2) is 11.9. The molecule has 0 radical (unpaired) electrons. The number of carbonyl (C=O) groups is 1. The second-order valence-corrected chi connectivity index (χ2v) is 11.7. The smallest absolute Gasteiger partial charge is 0.291 e. The highest BCUT2D eigenvalue weighted by Crippen LogP contribution is 2.29. The number of aromatic nitrogens is 4. The van der Waals surface area contributed by atoms with E-state index in [1.54, 1.807) is 19.4 Å². The maximum absolute atomic E-state index is 12.9. The predicted octanol–water partition coefficient (Wildman–Crippen LogP) is 4.88. The number of piperazine rings is 1. The van der Waals surface area contributed by atoms with Gasteiger partial charge in [0, 0.05) is 70.7 Å². The zero-order valence-corrected chi connectivity index (χ0v) is 25.0. The van der Waals surface area contributed by atoms with Gasteiger partial charge in [-0.2, -0.15) is 0 Å². The van der Waals surface area contributed by atoms with Crippen molar-refractivity contribution in [3.8, 4) is 16.9 Å². The quantitative estimate of drug-likeness (QED) is 0.292. The van der Waals surface area contributed by atoms with Crippen LogP contribution >= 0.6 is 0 Å². The highest BCUT2D eigenvalue weighted by molar-refractivity contribution is 6.02. The molecule has 0 bridgehead atoms. The second-order valence-electron chi connectivity index (χ2n) is 11.7. The van der Waals surface area contributed by atoms with Gasteiger partial charge < -0.3 is 19.4 Å². The van der Waals surface area contributed by atoms with Crippen molar-refractivity contribution in [1.29, 1.82) is 0 Å². The SMILES string of the molecule is COCCCN1CCN(c2cncc(-c3cn(-c4cc(NC(=O)c5ccc(C(C)(C)C)o5)cnc4C)n3C)c2)CC1. The number of rotatable bonds is 9. The summed E-state index contributed by atoms with van der Waals surface area (Å²) in [6.07, 6.45) is 8.66. The molecule has 1 N–H and O–H groups in total. The Balaban J connectivity index is 1.27. The molecule has 41 heavy (non-hydrogen) atoms. The van der Waals surface area contributed by atoms with E-state index in [1.807, 2.05) is 64.0 Å². The molecule has 1 amide bonds. The number of anilines is 2. The fraction of sp³-hybridized carbons (Fsp3) is 0.452. The first-order valence-electron chi connectivity index (χ1n) is 14.2. The highest BCUT2D eigenvalue weighted by atomic mass is 16.5. The molecular formula is C31H41N7O3. The summed E-state index contributed by atoms with van der Waals surface area (Å²) >= 11 is 0. The largest absolute Gasteiger partial charge is 0.455 e. The summed E-state index contributed by atoms with van der Waals surface area (Å²) in [6, 6.07) is 7.70. The molecule has 4 aromatic heterocycles. The summed E-state index contributed by atoms with van der Waals surface area (Å²) < 4.78 is 15.1. The summed E-state index contributed by atoms with van der Waals surface area (Å²) in [4.78, 5) is 26.9. The number of methoxy groups -OCH3 is 1. The first-order chi connectivity index (χ1) is 19.6. The number of pyridine rings is 2. The lowest BCUT2D eigenvalue weighted by atomic mass is 9.94. The fourth-order valence-corrected chi connectivity index (χ4v) is 5.12. The van der Waals surface area contributed by atoms with Crippen LogP contribution in [0.2, 0.25) is 0 Å². The lowest BCUT2D eigenvalue weighted by molar-refractivity contribution is 0.0993. The molecule has 0 atom stereocenters. The van der Waals surface area contributed by atoms with Gasteiger partial charge in [-0.15, -0.1) is 0 Å². The van der Waals surface area contributed by atoms with E-state index >= 15 is 0 Å². The number of nitrogens with zero attached hydrogens (tertiary/aromatic N) is 6. The average molecular weight is 560 g/mol. The molecule has 1 aliphatic rings. The molecule has 1 saturated heterocycles. The van der Waals surface area contributed by atoms with Gasteiger partial charge in [-0.05, 0) is 37.6 Å². The minimum Gasteiger partial charge on any atom is -0.455 e. The van der Waals surface area contributed by atoms with Crippen LogP contribution in [-0.4, -0.2) is 76.6 Å². The van der Waals surface area contributed by atoms with Crippen molar-refractivity contribution in [3.05, 3.63) is 66.3 Å². The summed E-state index contributed by atoms with van der Waals surface area (Å²) in [6.45, 7) is 14.0. The highest BCUT2D eigenvalue weighted by Gasteiger charge is 2.22. The van der Waals surface area contributed by atoms with Crippen molar-refractivity contribution in [1.82, 2.24) is 24.2 Å². The minimum atomic E-state index is -0.302. The number of carbonyl (C=O) groups excluding carboxylic acids is 1. The Morgan fingerprint density at radius 1 is 1.10 bits per heavy atom. The first-order valence-corrected chi connectivity index (χ1v) is 14.2. The molecular weight excluding hydrogens is 518 g/mol. The van der Waals surface area contributed by atoms with Gasteiger partial charge in [0.15, 0.2) is 5.76 Å². The van der Waals surface area contributed by atoms with Gasteiger partial charge >= 0.3 is 0 Å². The lowest BCUT2D eigenvalue weighted by Crippen LogP contribution is -2.46. The number of amides is 1. The van der Waals surface area contributed by atoms with Crippen LogP contribution < -0.4 is 10.2 Å². The zero-order valence-electron chi connectivity index (χ0n) is 25.0. The van der Waals surface area contributed by atoms with Crippen LogP contribution in [0.1, 0.15) is 49.2 Å². The van der Waals surface area contributed by atoms with E-state index in [9.17, 15) is 4.79 Å². The van der Waals surface area contributed by atoms with Gasteiger partial charge in [0.25, 0.3) is 5.91 Å². The number of hydrogen-bond acceptors (Lipinski definition) is 7. The molecule has 1 fully saturated rings. The number of hydrogen-bond donors (Lipinski definition) is 1. The van der Waals surface area contributed by atoms with Gasteiger partial charge in [-0.25, -0.2) is 0 Å². The first kappa shape index (κ1) is 28.6. The standard InChI is InChI=1S/C31H41N7O3/c1-22-26(17-24(19-33-22)34-30(39)28-8-9-29(41-28)31(2,3)4)38-21-27(35(38)5)23-16-25(20-32-18-23)37-13-11-36(12-14-37)10-7-15-40-6/h8-9,16-21H,7,10-15H2,1-6H3,(H,34,39). The van der Waals surface area contributed by atoms with Gasteiger partial charge in [-0.3, -0.25) is 29.0 Å². The third-order valence-electron chi connectivity index (χ3n) is 7.63. The van der Waals surface area contributed by atoms with Crippen LogP contribution in [-0.2, 0) is 17.2 Å². The van der Waals surface area contributed by atoms with Crippen LogP contribution in [0.5, 0.6) is 0 Å². The van der Waals surface area contributed by atoms with E-state index in [0.717, 1.165) is 79.8 Å². The summed E-state index contributed by atoms with van der Waals surface area (Å²) in [5, 5.41) is 2.93. The summed E-state index contributed by atoms with van der Waals surface area (Å²) in [7, 11) is 3.77. The Hall–Kier alpha value is -3.89. The van der Waals surface area contributed by atoms with E-state index < -0.39 is 0 Å². The Kier molecular flexibility index (Phi) is 8.32. The van der Waals surface area contributed by atoms with Crippen LogP contribution in [0.3, 0.4) is 0 Å². The van der Waals surface area contributed by atoms with E-state index in [4.69, 9.17) is 9.15 Å². The Morgan fingerprint density at radius 2 is 1.88 bits per heavy atom. The molecule has 5 heterocycles. The van der Waals surface area contributed by atoms with Crippen LogP contribution in [0.4, 0.5) is 11.4 Å². The van der Waals surface area contributed by atoms with Crippen LogP contribution in [0.15, 0.2) is 53.5 Å². The molecule has 1 aliphatic heterocycles. The number of furan rings is 1. The number of ether oxygens (including phenoxy) is 1. The molecule has 0 aromatic carbocycles. The zero-order chi connectivity index (χ0) is 29.1. The molecule has 10 nitrogen and oxygen atoms in total. The Bertz CT molecular complexity index is 1490. The van der Waals surface area contributed by atoms with Gasteiger partial charge in [-0.1, -0.05) is 20.8 Å². The monoisotopic (exact) mass is 559 g/mol. The minimum absolute atomic E-state index is 0.169. The normalized spacial score (nSPS) is 14.5. The summed E-state index contributed by atoms with van der Waals surface area (Å²) in [5.74, 6) is 0.744. The molecule has 0 unspecified atom stereocenters. The van der Waals surface area contributed by atoms with Crippen molar-refractivity contribution >= 4 is 17.3 Å². The van der Waals surface area contributed by atoms with E-state index in [1.165, 1.54) is 0 Å². The third kappa shape index (κ3) is 6.39. The lowest BCUT2D eigenvalue weighted by Gasteiger charge is -2.36.